The van der Waals surface area contributed by atoms with E-state index in [2.05, 4.69) is 5.32 Å². The highest BCUT2D eigenvalue weighted by Crippen LogP contribution is 2.20. The molecular weight excluding hydrogens is 237 g/mol. The quantitative estimate of drug-likeness (QED) is 0.899. The van der Waals surface area contributed by atoms with Crippen LogP contribution < -0.4 is 10.1 Å². The predicted molar refractivity (Wildman–Crippen MR) is 67.3 cm³/mol. The maximum atomic E-state index is 13.4. The lowest BCUT2D eigenvalue weighted by Gasteiger charge is -2.19. The Labute approximate surface area is 106 Å². The highest BCUT2D eigenvalue weighted by atomic mass is 19.1. The normalized spacial score (nSPS) is 11.2. The van der Waals surface area contributed by atoms with Crippen molar-refractivity contribution < 1.29 is 18.7 Å². The lowest BCUT2D eigenvalue weighted by molar-refractivity contribution is -0.125. The van der Waals surface area contributed by atoms with Crippen LogP contribution in [0.5, 0.6) is 5.75 Å². The Hall–Kier alpha value is -1.62. The van der Waals surface area contributed by atoms with Crippen molar-refractivity contribution in [2.45, 2.75) is 26.4 Å². The van der Waals surface area contributed by atoms with Crippen LogP contribution in [0, 0.1) is 5.82 Å². The Morgan fingerprint density at radius 3 is 2.56 bits per heavy atom. The summed E-state index contributed by atoms with van der Waals surface area (Å²) in [5.41, 5.74) is -0.0153. The molecule has 1 amide bonds. The third-order valence-electron chi connectivity index (χ3n) is 2.07. The van der Waals surface area contributed by atoms with Crippen LogP contribution >= 0.6 is 0 Å². The van der Waals surface area contributed by atoms with Crippen LogP contribution in [0.1, 0.15) is 20.8 Å². The number of halogens is 1. The summed E-state index contributed by atoms with van der Waals surface area (Å²) >= 11 is 0. The lowest BCUT2D eigenvalue weighted by Crippen LogP contribution is -2.27. The van der Waals surface area contributed by atoms with Crippen molar-refractivity contribution in [1.29, 1.82) is 0 Å². The second-order valence-electron chi connectivity index (χ2n) is 4.80. The molecule has 0 bridgehead atoms. The Morgan fingerprint density at radius 2 is 2.06 bits per heavy atom. The number of carbonyl (C=O) groups is 1. The highest BCUT2D eigenvalue weighted by Gasteiger charge is 2.13. The van der Waals surface area contributed by atoms with Gasteiger partial charge in [0, 0.05) is 11.8 Å². The second kappa shape index (κ2) is 5.82. The summed E-state index contributed by atoms with van der Waals surface area (Å²) in [6.45, 7) is 5.49. The first-order valence-electron chi connectivity index (χ1n) is 5.59. The molecule has 0 fully saturated rings. The van der Waals surface area contributed by atoms with Crippen molar-refractivity contribution in [3.05, 3.63) is 24.0 Å². The van der Waals surface area contributed by atoms with E-state index in [1.807, 2.05) is 20.8 Å². The highest BCUT2D eigenvalue weighted by molar-refractivity contribution is 5.91. The Kier molecular flexibility index (Phi) is 4.67. The molecule has 0 spiro atoms. The van der Waals surface area contributed by atoms with E-state index in [1.54, 1.807) is 6.07 Å². The minimum atomic E-state index is -0.521. The van der Waals surface area contributed by atoms with Gasteiger partial charge < -0.3 is 14.8 Å². The van der Waals surface area contributed by atoms with E-state index in [1.165, 1.54) is 19.2 Å². The zero-order valence-electron chi connectivity index (χ0n) is 11.0. The minimum Gasteiger partial charge on any atom is -0.494 e. The predicted octanol–water partition coefficient (Wildman–Crippen LogP) is 2.59. The van der Waals surface area contributed by atoms with Gasteiger partial charge in [0.2, 0.25) is 5.91 Å². The summed E-state index contributed by atoms with van der Waals surface area (Å²) in [6, 6.07) is 4.22. The van der Waals surface area contributed by atoms with Crippen LogP contribution in [-0.2, 0) is 9.53 Å². The number of rotatable bonds is 4. The van der Waals surface area contributed by atoms with Gasteiger partial charge in [0.25, 0.3) is 0 Å². The first kappa shape index (κ1) is 14.4. The topological polar surface area (TPSA) is 47.6 Å². The van der Waals surface area contributed by atoms with E-state index in [-0.39, 0.29) is 23.9 Å². The fourth-order valence-corrected chi connectivity index (χ4v) is 1.22. The molecule has 100 valence electrons. The van der Waals surface area contributed by atoms with Gasteiger partial charge in [0.1, 0.15) is 6.61 Å². The van der Waals surface area contributed by atoms with E-state index in [9.17, 15) is 9.18 Å². The Balaban J connectivity index is 2.57. The average molecular weight is 255 g/mol. The fraction of sp³-hybridized carbons (Fsp3) is 0.462. The number of benzene rings is 1. The second-order valence-corrected chi connectivity index (χ2v) is 4.80. The van der Waals surface area contributed by atoms with Gasteiger partial charge in [-0.25, -0.2) is 4.39 Å². The standard InChI is InChI=1S/C13H18FNO3/c1-13(2,3)18-8-12(16)15-9-5-6-11(17-4)10(14)7-9/h5-7H,8H2,1-4H3,(H,15,16). The van der Waals surface area contributed by atoms with Gasteiger partial charge in [0.15, 0.2) is 11.6 Å². The number of nitrogens with one attached hydrogen (secondary N) is 1. The number of carbonyl (C=O) groups excluding carboxylic acids is 1. The Morgan fingerprint density at radius 1 is 1.39 bits per heavy atom. The molecule has 0 atom stereocenters. The minimum absolute atomic E-state index is 0.0723. The van der Waals surface area contributed by atoms with Gasteiger partial charge in [-0.2, -0.15) is 0 Å². The third kappa shape index (κ3) is 4.71. The van der Waals surface area contributed by atoms with Gasteiger partial charge >= 0.3 is 0 Å². The molecule has 1 rings (SSSR count). The molecule has 0 heterocycles. The number of anilines is 1. The molecule has 1 aromatic carbocycles. The van der Waals surface area contributed by atoms with E-state index in [0.29, 0.717) is 5.69 Å². The van der Waals surface area contributed by atoms with Crippen molar-refractivity contribution in [3.63, 3.8) is 0 Å². The van der Waals surface area contributed by atoms with Crippen molar-refractivity contribution in [2.24, 2.45) is 0 Å². The van der Waals surface area contributed by atoms with Gasteiger partial charge in [0.05, 0.1) is 12.7 Å². The van der Waals surface area contributed by atoms with Gasteiger partial charge in [-0.1, -0.05) is 0 Å². The zero-order valence-corrected chi connectivity index (χ0v) is 11.0. The molecule has 0 aliphatic carbocycles. The summed E-state index contributed by atoms with van der Waals surface area (Å²) in [5, 5.41) is 2.55. The molecule has 4 nitrogen and oxygen atoms in total. The smallest absolute Gasteiger partial charge is 0.250 e. The molecule has 5 heteroatoms. The first-order chi connectivity index (χ1) is 8.31. The number of hydrogen-bond donors (Lipinski definition) is 1. The summed E-state index contributed by atoms with van der Waals surface area (Å²) < 4.78 is 23.5. The van der Waals surface area contributed by atoms with Crippen LogP contribution in [-0.4, -0.2) is 25.2 Å². The first-order valence-corrected chi connectivity index (χ1v) is 5.59. The summed E-state index contributed by atoms with van der Waals surface area (Å²) in [4.78, 5) is 11.5. The van der Waals surface area contributed by atoms with Crippen LogP contribution in [0.15, 0.2) is 18.2 Å². The number of methoxy groups -OCH3 is 1. The Bertz CT molecular complexity index is 427. The number of ether oxygens (including phenoxy) is 2. The average Bonchev–Trinajstić information content (AvgIpc) is 2.26. The van der Waals surface area contributed by atoms with Gasteiger partial charge in [-0.3, -0.25) is 4.79 Å². The lowest BCUT2D eigenvalue weighted by atomic mass is 10.2. The SMILES string of the molecule is COc1ccc(NC(=O)COC(C)(C)C)cc1F. The van der Waals surface area contributed by atoms with Gasteiger partial charge in [-0.05, 0) is 32.9 Å². The van der Waals surface area contributed by atoms with E-state index in [0.717, 1.165) is 0 Å². The van der Waals surface area contributed by atoms with E-state index >= 15 is 0 Å². The monoisotopic (exact) mass is 255 g/mol. The molecular formula is C13H18FNO3. The summed E-state index contributed by atoms with van der Waals surface area (Å²) in [7, 11) is 1.38. The maximum absolute atomic E-state index is 13.4. The molecule has 18 heavy (non-hydrogen) atoms. The van der Waals surface area contributed by atoms with Crippen molar-refractivity contribution >= 4 is 11.6 Å². The number of hydrogen-bond acceptors (Lipinski definition) is 3. The molecule has 1 N–H and O–H groups in total. The summed E-state index contributed by atoms with van der Waals surface area (Å²) in [6.07, 6.45) is 0. The van der Waals surface area contributed by atoms with Crippen LogP contribution in [0.3, 0.4) is 0 Å². The third-order valence-corrected chi connectivity index (χ3v) is 2.07. The van der Waals surface area contributed by atoms with Crippen molar-refractivity contribution in [3.8, 4) is 5.75 Å². The van der Waals surface area contributed by atoms with E-state index < -0.39 is 5.82 Å². The zero-order chi connectivity index (χ0) is 13.8. The summed E-state index contributed by atoms with van der Waals surface area (Å²) in [5.74, 6) is -0.708. The molecule has 1 aromatic rings. The van der Waals surface area contributed by atoms with Gasteiger partial charge in [-0.15, -0.1) is 0 Å². The van der Waals surface area contributed by atoms with Crippen LogP contribution in [0.2, 0.25) is 0 Å². The molecule has 0 unspecified atom stereocenters. The van der Waals surface area contributed by atoms with Crippen molar-refractivity contribution in [2.75, 3.05) is 19.0 Å². The largest absolute Gasteiger partial charge is 0.494 e. The molecule has 0 saturated heterocycles. The van der Waals surface area contributed by atoms with Crippen LogP contribution in [0.4, 0.5) is 10.1 Å². The maximum Gasteiger partial charge on any atom is 0.250 e. The molecule has 0 aliphatic rings. The molecule has 0 radical (unpaired) electrons. The van der Waals surface area contributed by atoms with E-state index in [4.69, 9.17) is 9.47 Å². The van der Waals surface area contributed by atoms with Crippen molar-refractivity contribution in [1.82, 2.24) is 0 Å². The molecule has 0 saturated carbocycles. The number of amides is 1. The fourth-order valence-electron chi connectivity index (χ4n) is 1.22. The molecule has 0 aromatic heterocycles. The molecule has 0 aliphatic heterocycles. The van der Waals surface area contributed by atoms with Crippen LogP contribution in [0.25, 0.3) is 0 Å².